The van der Waals surface area contributed by atoms with E-state index in [-0.39, 0.29) is 12.0 Å². The van der Waals surface area contributed by atoms with Crippen LogP contribution in [0.25, 0.3) is 0 Å². The maximum Gasteiger partial charge on any atom is 0.469 e. The van der Waals surface area contributed by atoms with E-state index in [0.29, 0.717) is 6.42 Å². The zero-order chi connectivity index (χ0) is 12.7. The minimum Gasteiger partial charge on any atom is -0.303 e. The molecule has 0 spiro atoms. The highest BCUT2D eigenvalue weighted by molar-refractivity contribution is 7.46. The molecule has 0 amide bonds. The minimum atomic E-state index is -4.64. The van der Waals surface area contributed by atoms with E-state index >= 15 is 0 Å². The molecule has 0 aromatic heterocycles. The van der Waals surface area contributed by atoms with Crippen LogP contribution < -0.4 is 0 Å². The Hall–Kier alpha value is 0.510. The van der Waals surface area contributed by atoms with Gasteiger partial charge in [-0.1, -0.05) is 0 Å². The number of hydrogen-bond acceptors (Lipinski definition) is 3. The summed E-state index contributed by atoms with van der Waals surface area (Å²) in [5.41, 5.74) is 0. The number of halogens is 1. The van der Waals surface area contributed by atoms with Gasteiger partial charge in [-0.2, -0.15) is 0 Å². The van der Waals surface area contributed by atoms with E-state index in [0.717, 1.165) is 0 Å². The van der Waals surface area contributed by atoms with Crippen LogP contribution in [-0.4, -0.2) is 36.5 Å². The van der Waals surface area contributed by atoms with Gasteiger partial charge >= 0.3 is 15.6 Å². The molecule has 0 aromatic carbocycles. The van der Waals surface area contributed by atoms with Gasteiger partial charge < -0.3 is 24.5 Å². The molecule has 0 aromatic rings. The van der Waals surface area contributed by atoms with Gasteiger partial charge in [0, 0.05) is 5.38 Å². The summed E-state index contributed by atoms with van der Waals surface area (Å²) in [5, 5.41) is -0.119. The quantitative estimate of drug-likeness (QED) is 0.363. The molecule has 0 fully saturated rings. The molecule has 11 heteroatoms. The van der Waals surface area contributed by atoms with Gasteiger partial charge in [-0.3, -0.25) is 4.52 Å². The summed E-state index contributed by atoms with van der Waals surface area (Å²) in [5.74, 6) is 0. The van der Waals surface area contributed by atoms with Gasteiger partial charge in [-0.15, -0.1) is 11.6 Å². The van der Waals surface area contributed by atoms with Gasteiger partial charge in [0.05, 0.1) is 6.61 Å². The Kier molecular flexibility index (Phi) is 9.22. The van der Waals surface area contributed by atoms with E-state index in [4.69, 9.17) is 40.6 Å². The van der Waals surface area contributed by atoms with Gasteiger partial charge in [0.25, 0.3) is 0 Å². The van der Waals surface area contributed by atoms with E-state index in [9.17, 15) is 4.57 Å². The molecule has 15 heavy (non-hydrogen) atoms. The van der Waals surface area contributed by atoms with Gasteiger partial charge in [0.2, 0.25) is 0 Å². The number of rotatable bonds is 4. The van der Waals surface area contributed by atoms with E-state index < -0.39 is 15.6 Å². The Morgan fingerprint density at radius 1 is 1.20 bits per heavy atom. The van der Waals surface area contributed by atoms with Crippen LogP contribution in [0.15, 0.2) is 0 Å². The zero-order valence-electron chi connectivity index (χ0n) is 7.72. The molecule has 0 aliphatic rings. The fourth-order valence-electron chi connectivity index (χ4n) is 0.334. The molecule has 5 N–H and O–H groups in total. The second-order valence-electron chi connectivity index (χ2n) is 2.41. The van der Waals surface area contributed by atoms with Crippen molar-refractivity contribution < 1.29 is 38.1 Å². The number of alkyl halides is 1. The Labute approximate surface area is 91.3 Å². The Bertz CT molecular complexity index is 235. The van der Waals surface area contributed by atoms with E-state index in [1.54, 1.807) is 6.92 Å². The number of phosphoric acid groups is 2. The predicted molar refractivity (Wildman–Crippen MR) is 52.2 cm³/mol. The molecule has 0 rings (SSSR count). The summed E-state index contributed by atoms with van der Waals surface area (Å²) in [6, 6.07) is 0. The van der Waals surface area contributed by atoms with Gasteiger partial charge in [0.15, 0.2) is 0 Å². The van der Waals surface area contributed by atoms with Crippen LogP contribution in [0.4, 0.5) is 0 Å². The van der Waals surface area contributed by atoms with Crippen molar-refractivity contribution in [3.8, 4) is 0 Å². The summed E-state index contributed by atoms with van der Waals surface area (Å²) in [4.78, 5) is 37.9. The van der Waals surface area contributed by atoms with Crippen LogP contribution in [0, 0.1) is 0 Å². The predicted octanol–water partition coefficient (Wildman–Crippen LogP) is 0.184. The first-order chi connectivity index (χ1) is 6.42. The lowest BCUT2D eigenvalue weighted by molar-refractivity contribution is 0.195. The fourth-order valence-corrected chi connectivity index (χ4v) is 0.766. The first kappa shape index (κ1) is 17.9. The van der Waals surface area contributed by atoms with Gasteiger partial charge in [0.1, 0.15) is 0 Å². The molecule has 0 bridgehead atoms. The van der Waals surface area contributed by atoms with Crippen molar-refractivity contribution in [2.45, 2.75) is 18.7 Å². The highest BCUT2D eigenvalue weighted by atomic mass is 35.5. The van der Waals surface area contributed by atoms with E-state index in [1.807, 2.05) is 0 Å². The molecule has 0 heterocycles. The molecular weight excluding hydrogens is 273 g/mol. The van der Waals surface area contributed by atoms with Crippen molar-refractivity contribution in [3.05, 3.63) is 0 Å². The third-order valence-electron chi connectivity index (χ3n) is 0.775. The van der Waals surface area contributed by atoms with Crippen LogP contribution in [0.5, 0.6) is 0 Å². The molecule has 8 nitrogen and oxygen atoms in total. The first-order valence-corrected chi connectivity index (χ1v) is 7.07. The van der Waals surface area contributed by atoms with Crippen LogP contribution in [0.1, 0.15) is 13.3 Å². The molecule has 1 atom stereocenters. The maximum atomic E-state index is 10.0. The van der Waals surface area contributed by atoms with Gasteiger partial charge in [-0.25, -0.2) is 9.13 Å². The summed E-state index contributed by atoms with van der Waals surface area (Å²) < 4.78 is 23.0. The molecule has 0 aliphatic heterocycles. The second-order valence-corrected chi connectivity index (χ2v) is 5.42. The molecule has 0 aliphatic carbocycles. The Morgan fingerprint density at radius 2 is 1.53 bits per heavy atom. The van der Waals surface area contributed by atoms with Crippen molar-refractivity contribution >= 4 is 27.2 Å². The van der Waals surface area contributed by atoms with Crippen LogP contribution >= 0.6 is 27.2 Å². The molecular formula is C4H13ClO8P2. The molecule has 94 valence electrons. The minimum absolute atomic E-state index is 0.00502. The Balaban J connectivity index is 0. The third-order valence-corrected chi connectivity index (χ3v) is 1.51. The highest BCUT2D eigenvalue weighted by Gasteiger charge is 2.13. The first-order valence-electron chi connectivity index (χ1n) is 3.54. The smallest absolute Gasteiger partial charge is 0.303 e. The lowest BCUT2D eigenvalue weighted by Gasteiger charge is -2.04. The second kappa shape index (κ2) is 7.73. The van der Waals surface area contributed by atoms with Crippen LogP contribution in [0.3, 0.4) is 0 Å². The van der Waals surface area contributed by atoms with Crippen LogP contribution in [-0.2, 0) is 13.7 Å². The van der Waals surface area contributed by atoms with E-state index in [1.165, 1.54) is 0 Å². The monoisotopic (exact) mass is 286 g/mol. The topological polar surface area (TPSA) is 145 Å². The summed E-state index contributed by atoms with van der Waals surface area (Å²) in [6.45, 7) is 1.72. The average Bonchev–Trinajstić information content (AvgIpc) is 1.77. The van der Waals surface area contributed by atoms with Crippen molar-refractivity contribution in [2.75, 3.05) is 6.61 Å². The summed E-state index contributed by atoms with van der Waals surface area (Å²) in [6.07, 6.45) is 0.437. The van der Waals surface area contributed by atoms with Crippen LogP contribution in [0.2, 0.25) is 0 Å². The normalized spacial score (nSPS) is 14.1. The molecule has 0 saturated carbocycles. The van der Waals surface area contributed by atoms with Crippen molar-refractivity contribution in [2.24, 2.45) is 0 Å². The number of hydrogen-bond donors (Lipinski definition) is 5. The van der Waals surface area contributed by atoms with E-state index in [2.05, 4.69) is 4.52 Å². The standard InChI is InChI=1S/C4H10ClO4P.H3O4P/c1-4(5)2-3-9-10(6,7)8;1-5(2,3)4/h4H,2-3H2,1H3,(H2,6,7,8);(H3,1,2,3,4). The zero-order valence-corrected chi connectivity index (χ0v) is 10.3. The largest absolute Gasteiger partial charge is 0.469 e. The van der Waals surface area contributed by atoms with Crippen molar-refractivity contribution in [1.82, 2.24) is 0 Å². The lowest BCUT2D eigenvalue weighted by atomic mass is 10.4. The fraction of sp³-hybridized carbons (Fsp3) is 1.00. The molecule has 0 saturated heterocycles. The number of phosphoric ester groups is 1. The third kappa shape index (κ3) is 40.3. The average molecular weight is 287 g/mol. The molecule has 1 unspecified atom stereocenters. The van der Waals surface area contributed by atoms with Crippen molar-refractivity contribution in [3.63, 3.8) is 0 Å². The summed E-state index contributed by atoms with van der Waals surface area (Å²) >= 11 is 5.47. The Morgan fingerprint density at radius 3 is 1.73 bits per heavy atom. The summed E-state index contributed by atoms with van der Waals surface area (Å²) in [7, 11) is -8.92. The van der Waals surface area contributed by atoms with Gasteiger partial charge in [-0.05, 0) is 13.3 Å². The molecule has 0 radical (unpaired) electrons. The highest BCUT2D eigenvalue weighted by Crippen LogP contribution is 2.35. The lowest BCUT2D eigenvalue weighted by Crippen LogP contribution is -1.98. The van der Waals surface area contributed by atoms with Crippen molar-refractivity contribution in [1.29, 1.82) is 0 Å². The SMILES string of the molecule is CC(Cl)CCOP(=O)(O)O.O=P(O)(O)O. The maximum absolute atomic E-state index is 10.0.